The molecule has 0 aromatic heterocycles. The highest BCUT2D eigenvalue weighted by Crippen LogP contribution is 2.58. The first-order valence-electron chi connectivity index (χ1n) is 12.5. The number of non-ortho nitro benzene ring substituents is 1. The number of benzene rings is 5. The van der Waals surface area contributed by atoms with Gasteiger partial charge in [-0.1, -0.05) is 72.8 Å². The van der Waals surface area contributed by atoms with Gasteiger partial charge in [-0.05, 0) is 54.6 Å². The molecular formula is C32H24N3O4P. The van der Waals surface area contributed by atoms with Gasteiger partial charge in [0.05, 0.1) is 16.6 Å². The Bertz CT molecular complexity index is 1560. The van der Waals surface area contributed by atoms with Gasteiger partial charge in [-0.25, -0.2) is 0 Å². The first-order chi connectivity index (χ1) is 19.5. The second-order valence-corrected chi connectivity index (χ2v) is 12.2. The number of hydrogen-bond donors (Lipinski definition) is 1. The number of carboxylic acid groups (broad SMARTS) is 1. The molecular weight excluding hydrogens is 521 g/mol. The van der Waals surface area contributed by atoms with Crippen molar-refractivity contribution in [2.45, 2.75) is 0 Å². The highest BCUT2D eigenvalue weighted by Gasteiger charge is 2.52. The Morgan fingerprint density at radius 1 is 0.650 bits per heavy atom. The molecule has 5 rings (SSSR count). The molecule has 0 heterocycles. The number of para-hydroxylation sites is 1. The van der Waals surface area contributed by atoms with Crippen LogP contribution in [0, 0.1) is 10.1 Å². The Labute approximate surface area is 231 Å². The van der Waals surface area contributed by atoms with Crippen LogP contribution in [-0.4, -0.2) is 16.3 Å². The molecule has 0 spiro atoms. The highest BCUT2D eigenvalue weighted by atomic mass is 31.2. The van der Waals surface area contributed by atoms with Gasteiger partial charge in [0.15, 0.2) is 7.26 Å². The van der Waals surface area contributed by atoms with E-state index >= 15 is 0 Å². The van der Waals surface area contributed by atoms with Gasteiger partial charge < -0.3 is 9.90 Å². The molecule has 0 fully saturated rings. The van der Waals surface area contributed by atoms with Crippen molar-refractivity contribution in [3.63, 3.8) is 0 Å². The number of rotatable bonds is 9. The maximum Gasteiger partial charge on any atom is 0.269 e. The summed E-state index contributed by atoms with van der Waals surface area (Å²) < 4.78 is 0. The number of carboxylic acids is 1. The minimum atomic E-state index is -2.75. The number of nitrogens with one attached hydrogen (secondary N) is 1. The van der Waals surface area contributed by atoms with Gasteiger partial charge in [0.2, 0.25) is 5.45 Å². The second-order valence-electron chi connectivity index (χ2n) is 8.86. The summed E-state index contributed by atoms with van der Waals surface area (Å²) >= 11 is 0. The fourth-order valence-corrected chi connectivity index (χ4v) is 8.93. The van der Waals surface area contributed by atoms with E-state index in [2.05, 4.69) is 41.8 Å². The number of carbonyl (C=O) groups excluding carboxylic acids is 1. The zero-order valence-corrected chi connectivity index (χ0v) is 22.1. The number of nitro groups is 1. The van der Waals surface area contributed by atoms with E-state index in [9.17, 15) is 20.0 Å². The molecule has 8 heteroatoms. The monoisotopic (exact) mass is 545 g/mol. The first-order valence-corrected chi connectivity index (χ1v) is 14.3. The predicted molar refractivity (Wildman–Crippen MR) is 159 cm³/mol. The van der Waals surface area contributed by atoms with Crippen molar-refractivity contribution in [1.82, 2.24) is 0 Å². The van der Waals surface area contributed by atoms with Gasteiger partial charge in [-0.15, -0.1) is 5.10 Å². The van der Waals surface area contributed by atoms with Crippen molar-refractivity contribution in [3.8, 4) is 0 Å². The third-order valence-electron chi connectivity index (χ3n) is 6.51. The lowest BCUT2D eigenvalue weighted by atomic mass is 10.2. The van der Waals surface area contributed by atoms with Gasteiger partial charge in [0.25, 0.3) is 5.69 Å². The fourth-order valence-electron chi connectivity index (χ4n) is 4.71. The minimum Gasteiger partial charge on any atom is -0.545 e. The van der Waals surface area contributed by atoms with E-state index in [1.807, 2.05) is 54.6 Å². The van der Waals surface area contributed by atoms with Crippen LogP contribution in [0.2, 0.25) is 0 Å². The van der Waals surface area contributed by atoms with E-state index in [0.29, 0.717) is 11.0 Å². The average Bonchev–Trinajstić information content (AvgIpc) is 3.01. The van der Waals surface area contributed by atoms with Gasteiger partial charge >= 0.3 is 0 Å². The lowest BCUT2D eigenvalue weighted by Crippen LogP contribution is -2.37. The van der Waals surface area contributed by atoms with E-state index in [0.717, 1.165) is 15.9 Å². The number of hydrazone groups is 1. The molecule has 0 unspecified atom stereocenters. The summed E-state index contributed by atoms with van der Waals surface area (Å²) in [7, 11) is -2.75. The molecule has 5 aromatic rings. The maximum absolute atomic E-state index is 11.8. The molecule has 0 aliphatic heterocycles. The van der Waals surface area contributed by atoms with Crippen molar-refractivity contribution >= 4 is 46.0 Å². The zero-order valence-electron chi connectivity index (χ0n) is 21.3. The standard InChI is InChI=1S/C32H24N3O4P/c36-32(37)29-18-10-11-19-30(29)33-34-31(24-20-22-25(23-21-24)35(38)39)40(26-12-4-1-5-13-26,27-14-6-2-7-15-27)28-16-8-3-9-17-28/h1-23,33H/b34-31+. The highest BCUT2D eigenvalue weighted by molar-refractivity contribution is 8.09. The number of hydrogen-bond acceptors (Lipinski definition) is 6. The van der Waals surface area contributed by atoms with E-state index in [1.165, 1.54) is 18.2 Å². The van der Waals surface area contributed by atoms with Crippen LogP contribution in [0.5, 0.6) is 0 Å². The van der Waals surface area contributed by atoms with Crippen molar-refractivity contribution < 1.29 is 14.8 Å². The Kier molecular flexibility index (Phi) is 7.76. The molecule has 0 amide bonds. The molecule has 0 radical (unpaired) electrons. The summed E-state index contributed by atoms with van der Waals surface area (Å²) in [5, 5.41) is 31.3. The predicted octanol–water partition coefficient (Wildman–Crippen LogP) is 4.73. The van der Waals surface area contributed by atoms with Crippen LogP contribution in [0.4, 0.5) is 11.4 Å². The quantitative estimate of drug-likeness (QED) is 0.125. The molecule has 40 heavy (non-hydrogen) atoms. The molecule has 0 bridgehead atoms. The number of carbonyl (C=O) groups is 1. The molecule has 0 atom stereocenters. The van der Waals surface area contributed by atoms with Crippen LogP contribution < -0.4 is 26.4 Å². The van der Waals surface area contributed by atoms with Crippen LogP contribution in [0.1, 0.15) is 15.9 Å². The normalized spacial score (nSPS) is 11.6. The Morgan fingerprint density at radius 3 is 1.55 bits per heavy atom. The molecule has 0 saturated carbocycles. The number of anilines is 1. The molecule has 0 aliphatic carbocycles. The first kappa shape index (κ1) is 26.5. The summed E-state index contributed by atoms with van der Waals surface area (Å²) in [4.78, 5) is 22.9. The minimum absolute atomic E-state index is 0.0302. The van der Waals surface area contributed by atoms with Crippen molar-refractivity contribution in [2.24, 2.45) is 5.10 Å². The van der Waals surface area contributed by atoms with E-state index in [1.54, 1.807) is 30.3 Å². The van der Waals surface area contributed by atoms with E-state index in [4.69, 9.17) is 5.10 Å². The molecule has 7 nitrogen and oxygen atoms in total. The van der Waals surface area contributed by atoms with Gasteiger partial charge in [-0.3, -0.25) is 15.5 Å². The van der Waals surface area contributed by atoms with Gasteiger partial charge in [-0.2, -0.15) is 0 Å². The molecule has 0 saturated heterocycles. The largest absolute Gasteiger partial charge is 0.545 e. The van der Waals surface area contributed by atoms with Crippen LogP contribution in [0.3, 0.4) is 0 Å². The number of aromatic carboxylic acids is 1. The Morgan fingerprint density at radius 2 is 1.10 bits per heavy atom. The van der Waals surface area contributed by atoms with E-state index < -0.39 is 18.2 Å². The Hall–Kier alpha value is -5.13. The van der Waals surface area contributed by atoms with Crippen LogP contribution in [-0.2, 0) is 0 Å². The van der Waals surface area contributed by atoms with Crippen molar-refractivity contribution in [1.29, 1.82) is 0 Å². The summed E-state index contributed by atoms with van der Waals surface area (Å²) in [6, 6.07) is 42.7. The topological polar surface area (TPSA) is 108 Å². The lowest BCUT2D eigenvalue weighted by molar-refractivity contribution is -0.384. The zero-order chi connectivity index (χ0) is 28.0. The summed E-state index contributed by atoms with van der Waals surface area (Å²) in [5.41, 5.74) is 4.49. The average molecular weight is 546 g/mol. The maximum atomic E-state index is 11.8. The molecule has 1 N–H and O–H groups in total. The fraction of sp³-hybridized carbons (Fsp3) is 0. The van der Waals surface area contributed by atoms with Crippen LogP contribution in [0.15, 0.2) is 145 Å². The van der Waals surface area contributed by atoms with Crippen molar-refractivity contribution in [2.75, 3.05) is 5.43 Å². The summed E-state index contributed by atoms with van der Waals surface area (Å²) in [5.74, 6) is -1.33. The van der Waals surface area contributed by atoms with Gasteiger partial charge in [0, 0.05) is 23.3 Å². The lowest BCUT2D eigenvalue weighted by Gasteiger charge is -2.28. The summed E-state index contributed by atoms with van der Waals surface area (Å²) in [6.07, 6.45) is 0. The third-order valence-corrected chi connectivity index (χ3v) is 10.7. The third kappa shape index (κ3) is 5.10. The Balaban J connectivity index is 1.86. The molecule has 5 aromatic carbocycles. The van der Waals surface area contributed by atoms with Crippen LogP contribution >= 0.6 is 7.26 Å². The van der Waals surface area contributed by atoms with Crippen molar-refractivity contribution in [3.05, 3.63) is 161 Å². The SMILES string of the molecule is O=C([O-])c1ccccc1N/N=C(\c1ccc([N+](=O)[O-])cc1)[P+](c1ccccc1)(c1ccccc1)c1ccccc1. The number of nitrogens with zero attached hydrogens (tertiary/aromatic N) is 2. The summed E-state index contributed by atoms with van der Waals surface area (Å²) in [6.45, 7) is 0. The van der Waals surface area contributed by atoms with Gasteiger partial charge in [0.1, 0.15) is 15.9 Å². The second kappa shape index (κ2) is 11.7. The molecule has 196 valence electrons. The smallest absolute Gasteiger partial charge is 0.269 e. The van der Waals surface area contributed by atoms with Crippen LogP contribution in [0.25, 0.3) is 0 Å². The van der Waals surface area contributed by atoms with E-state index in [-0.39, 0.29) is 16.9 Å². The number of nitro benzene ring substituents is 1. The molecule has 0 aliphatic rings.